The van der Waals surface area contributed by atoms with Crippen LogP contribution in [0.25, 0.3) is 0 Å². The van der Waals surface area contributed by atoms with Crippen molar-refractivity contribution in [1.29, 1.82) is 0 Å². The van der Waals surface area contributed by atoms with E-state index in [0.29, 0.717) is 15.9 Å². The Balaban J connectivity index is 2.22. The van der Waals surface area contributed by atoms with E-state index >= 15 is 0 Å². The highest BCUT2D eigenvalue weighted by molar-refractivity contribution is 9.10. The van der Waals surface area contributed by atoms with E-state index in [1.165, 1.54) is 30.3 Å². The molecule has 0 saturated heterocycles. The average Bonchev–Trinajstić information content (AvgIpc) is 2.99. The maximum Gasteiger partial charge on any atom is 0.410 e. The first kappa shape index (κ1) is 21.3. The molecule has 2 rings (SSSR count). The van der Waals surface area contributed by atoms with Crippen molar-refractivity contribution in [2.45, 2.75) is 37.8 Å². The van der Waals surface area contributed by atoms with Gasteiger partial charge in [-0.25, -0.2) is 17.2 Å². The molecule has 1 aromatic carbocycles. The minimum atomic E-state index is -3.82. The number of halogens is 1. The van der Waals surface area contributed by atoms with Crippen molar-refractivity contribution in [1.82, 2.24) is 8.87 Å². The molecule has 0 saturated carbocycles. The Morgan fingerprint density at radius 1 is 1.26 bits per heavy atom. The highest BCUT2D eigenvalue weighted by Gasteiger charge is 2.24. The van der Waals surface area contributed by atoms with Crippen LogP contribution in [-0.2, 0) is 21.4 Å². The molecule has 1 amide bonds. The molecule has 0 spiro atoms. The maximum absolute atomic E-state index is 12.9. The summed E-state index contributed by atoms with van der Waals surface area (Å²) < 4.78 is 37.5. The standard InChI is InChI=1S/C18H23BrN2O5S/c1-18(2,3)20(4)17(22)26-12-13-9-16(19)21(11-13)27(23,24)15-8-6-7-14(10-15)25-5/h6-11H,12H2,1-5H3. The Morgan fingerprint density at radius 2 is 1.93 bits per heavy atom. The summed E-state index contributed by atoms with van der Waals surface area (Å²) in [5.74, 6) is 0.443. The Morgan fingerprint density at radius 3 is 2.52 bits per heavy atom. The molecule has 1 aromatic heterocycles. The van der Waals surface area contributed by atoms with Crippen molar-refractivity contribution in [2.24, 2.45) is 0 Å². The summed E-state index contributed by atoms with van der Waals surface area (Å²) in [6.07, 6.45) is 0.936. The van der Waals surface area contributed by atoms with E-state index in [1.807, 2.05) is 20.8 Å². The molecule has 0 atom stereocenters. The Hall–Kier alpha value is -2.00. The number of benzene rings is 1. The summed E-state index contributed by atoms with van der Waals surface area (Å²) in [7, 11) is -0.701. The number of hydrogen-bond acceptors (Lipinski definition) is 5. The van der Waals surface area contributed by atoms with Crippen LogP contribution in [0.5, 0.6) is 5.75 Å². The maximum atomic E-state index is 12.9. The van der Waals surface area contributed by atoms with Crippen LogP contribution in [0, 0.1) is 0 Å². The third kappa shape index (κ3) is 4.84. The molecular weight excluding hydrogens is 436 g/mol. The van der Waals surface area contributed by atoms with E-state index in [1.54, 1.807) is 25.2 Å². The highest BCUT2D eigenvalue weighted by Crippen LogP contribution is 2.25. The largest absolute Gasteiger partial charge is 0.497 e. The zero-order valence-corrected chi connectivity index (χ0v) is 18.3. The van der Waals surface area contributed by atoms with Crippen molar-refractivity contribution in [2.75, 3.05) is 14.2 Å². The van der Waals surface area contributed by atoms with E-state index in [-0.39, 0.29) is 17.0 Å². The normalized spacial score (nSPS) is 11.9. The number of carbonyl (C=O) groups is 1. The zero-order chi connectivity index (χ0) is 20.4. The first-order chi connectivity index (χ1) is 12.5. The molecule has 9 heteroatoms. The summed E-state index contributed by atoms with van der Waals surface area (Å²) >= 11 is 3.26. The molecule has 1 heterocycles. The zero-order valence-electron chi connectivity index (χ0n) is 15.9. The molecule has 7 nitrogen and oxygen atoms in total. The second-order valence-corrected chi connectivity index (χ2v) is 9.56. The van der Waals surface area contributed by atoms with Crippen LogP contribution < -0.4 is 4.74 Å². The second-order valence-electron chi connectivity index (χ2n) is 6.94. The van der Waals surface area contributed by atoms with Crippen molar-refractivity contribution < 1.29 is 22.7 Å². The van der Waals surface area contributed by atoms with Gasteiger partial charge in [-0.1, -0.05) is 6.07 Å². The number of amides is 1. The lowest BCUT2D eigenvalue weighted by molar-refractivity contribution is 0.0759. The van der Waals surface area contributed by atoms with E-state index in [4.69, 9.17) is 9.47 Å². The van der Waals surface area contributed by atoms with Crippen LogP contribution in [-0.4, -0.2) is 43.1 Å². The summed E-state index contributed by atoms with van der Waals surface area (Å²) in [6, 6.07) is 7.80. The van der Waals surface area contributed by atoms with E-state index in [9.17, 15) is 13.2 Å². The lowest BCUT2D eigenvalue weighted by atomic mass is 10.1. The molecule has 0 N–H and O–H groups in total. The van der Waals surface area contributed by atoms with Gasteiger partial charge < -0.3 is 14.4 Å². The van der Waals surface area contributed by atoms with E-state index < -0.39 is 16.1 Å². The molecule has 148 valence electrons. The molecule has 0 fully saturated rings. The van der Waals surface area contributed by atoms with Gasteiger partial charge in [0.2, 0.25) is 0 Å². The number of methoxy groups -OCH3 is 1. The van der Waals surface area contributed by atoms with E-state index in [2.05, 4.69) is 15.9 Å². The third-order valence-corrected chi connectivity index (χ3v) is 6.55. The van der Waals surface area contributed by atoms with Crippen molar-refractivity contribution in [3.8, 4) is 5.75 Å². The van der Waals surface area contributed by atoms with Crippen LogP contribution in [0.3, 0.4) is 0 Å². The SMILES string of the molecule is COc1cccc(S(=O)(=O)n2cc(COC(=O)N(C)C(C)(C)C)cc2Br)c1. The number of hydrogen-bond donors (Lipinski definition) is 0. The molecule has 0 radical (unpaired) electrons. The van der Waals surface area contributed by atoms with Crippen molar-refractivity contribution >= 4 is 32.0 Å². The predicted octanol–water partition coefficient (Wildman–Crippen LogP) is 3.86. The number of aromatic nitrogens is 1. The average molecular weight is 459 g/mol. The lowest BCUT2D eigenvalue weighted by Gasteiger charge is -2.30. The van der Waals surface area contributed by atoms with Crippen LogP contribution in [0.4, 0.5) is 4.79 Å². The predicted molar refractivity (Wildman–Crippen MR) is 105 cm³/mol. The second kappa shape index (κ2) is 7.93. The fraction of sp³-hybridized carbons (Fsp3) is 0.389. The molecule has 0 unspecified atom stereocenters. The molecular formula is C18H23BrN2O5S. The number of carbonyl (C=O) groups excluding carboxylic acids is 1. The quantitative estimate of drug-likeness (QED) is 0.679. The first-order valence-electron chi connectivity index (χ1n) is 8.14. The number of nitrogens with zero attached hydrogens (tertiary/aromatic N) is 2. The monoisotopic (exact) mass is 458 g/mol. The van der Waals surface area contributed by atoms with E-state index in [0.717, 1.165) is 3.97 Å². The number of ether oxygens (including phenoxy) is 2. The molecule has 2 aromatic rings. The Kier molecular flexibility index (Phi) is 6.26. The van der Waals surface area contributed by atoms with Gasteiger partial charge in [0.05, 0.1) is 12.0 Å². The van der Waals surface area contributed by atoms with Gasteiger partial charge in [0.25, 0.3) is 10.0 Å². The first-order valence-corrected chi connectivity index (χ1v) is 10.4. The van der Waals surface area contributed by atoms with Crippen LogP contribution >= 0.6 is 15.9 Å². The smallest absolute Gasteiger partial charge is 0.410 e. The van der Waals surface area contributed by atoms with Crippen LogP contribution in [0.1, 0.15) is 26.3 Å². The molecule has 0 aliphatic rings. The highest BCUT2D eigenvalue weighted by atomic mass is 79.9. The van der Waals surface area contributed by atoms with Gasteiger partial charge in [-0.3, -0.25) is 0 Å². The van der Waals surface area contributed by atoms with Gasteiger partial charge in [0.15, 0.2) is 0 Å². The molecule has 27 heavy (non-hydrogen) atoms. The Labute approximate surface area is 168 Å². The number of rotatable bonds is 5. The lowest BCUT2D eigenvalue weighted by Crippen LogP contribution is -2.42. The van der Waals surface area contributed by atoms with Crippen LogP contribution in [0.15, 0.2) is 46.0 Å². The topological polar surface area (TPSA) is 77.8 Å². The van der Waals surface area contributed by atoms with Crippen molar-refractivity contribution in [3.05, 3.63) is 46.7 Å². The summed E-state index contributed by atoms with van der Waals surface area (Å²) in [5.41, 5.74) is 0.170. The van der Waals surface area contributed by atoms with Gasteiger partial charge in [0.1, 0.15) is 17.0 Å². The fourth-order valence-corrected chi connectivity index (χ4v) is 4.39. The summed E-state index contributed by atoms with van der Waals surface area (Å²) in [6.45, 7) is 5.63. The van der Waals surface area contributed by atoms with Gasteiger partial charge in [-0.2, -0.15) is 0 Å². The molecule has 0 bridgehead atoms. The minimum Gasteiger partial charge on any atom is -0.497 e. The molecule has 0 aliphatic carbocycles. The van der Waals surface area contributed by atoms with Gasteiger partial charge in [-0.05, 0) is 54.9 Å². The summed E-state index contributed by atoms with van der Waals surface area (Å²) in [4.78, 5) is 13.7. The third-order valence-electron chi connectivity index (χ3n) is 4.04. The minimum absolute atomic E-state index is 0.0432. The van der Waals surface area contributed by atoms with Crippen LogP contribution in [0.2, 0.25) is 0 Å². The van der Waals surface area contributed by atoms with Gasteiger partial charge >= 0.3 is 6.09 Å². The summed E-state index contributed by atoms with van der Waals surface area (Å²) in [5, 5.41) is 0. The molecule has 0 aliphatic heterocycles. The Bertz CT molecular complexity index is 931. The van der Waals surface area contributed by atoms with Gasteiger partial charge in [-0.15, -0.1) is 0 Å². The fourth-order valence-electron chi connectivity index (χ4n) is 2.12. The van der Waals surface area contributed by atoms with Crippen molar-refractivity contribution in [3.63, 3.8) is 0 Å². The van der Waals surface area contributed by atoms with Gasteiger partial charge in [0, 0.05) is 30.4 Å².